The molecule has 4 heteroatoms. The van der Waals surface area contributed by atoms with Gasteiger partial charge in [-0.3, -0.25) is 0 Å². The molecule has 0 aliphatic heterocycles. The second kappa shape index (κ2) is 7.98. The van der Waals surface area contributed by atoms with Gasteiger partial charge in [0, 0.05) is 70.3 Å². The number of hydrogen-bond acceptors (Lipinski definition) is 4. The standard InChI is InChI=1S/C34H18S4/c1-3-7-19(8-4-1)29-17-25-27(35-29)13-11-21-23-15-32-24(16-31(23)37-33(21)25)22-12-14-28-26(34(22)38-32)18-30(36-28)20-9-5-2-6-10-20/h1-18H. The van der Waals surface area contributed by atoms with Crippen LogP contribution in [-0.4, -0.2) is 0 Å². The summed E-state index contributed by atoms with van der Waals surface area (Å²) in [4.78, 5) is 2.68. The van der Waals surface area contributed by atoms with E-state index in [1.165, 1.54) is 81.4 Å². The minimum absolute atomic E-state index is 1.30. The van der Waals surface area contributed by atoms with Gasteiger partial charge in [-0.05, 0) is 47.5 Å². The van der Waals surface area contributed by atoms with E-state index in [0.717, 1.165) is 0 Å². The largest absolute Gasteiger partial charge is 0.135 e. The summed E-state index contributed by atoms with van der Waals surface area (Å²) >= 11 is 7.68. The highest BCUT2D eigenvalue weighted by molar-refractivity contribution is 7.30. The molecule has 0 saturated carbocycles. The van der Waals surface area contributed by atoms with Crippen LogP contribution in [0.1, 0.15) is 0 Å². The summed E-state index contributed by atoms with van der Waals surface area (Å²) in [7, 11) is 0. The van der Waals surface area contributed by atoms with Gasteiger partial charge in [0.1, 0.15) is 0 Å². The van der Waals surface area contributed by atoms with Gasteiger partial charge in [-0.2, -0.15) is 0 Å². The lowest BCUT2D eigenvalue weighted by Gasteiger charge is -1.95. The highest BCUT2D eigenvalue weighted by atomic mass is 32.1. The van der Waals surface area contributed by atoms with Crippen molar-refractivity contribution in [3.63, 3.8) is 0 Å². The molecule has 0 amide bonds. The lowest BCUT2D eigenvalue weighted by Crippen LogP contribution is -1.69. The average molecular weight is 555 g/mol. The van der Waals surface area contributed by atoms with Crippen LogP contribution in [0.25, 0.3) is 81.4 Å². The monoisotopic (exact) mass is 554 g/mol. The van der Waals surface area contributed by atoms with Crippen molar-refractivity contribution in [2.24, 2.45) is 0 Å². The lowest BCUT2D eigenvalue weighted by molar-refractivity contribution is 1.70. The van der Waals surface area contributed by atoms with Gasteiger partial charge in [-0.1, -0.05) is 72.8 Å². The van der Waals surface area contributed by atoms with Crippen LogP contribution in [0.3, 0.4) is 0 Å². The molecule has 0 unspecified atom stereocenters. The maximum absolute atomic E-state index is 2.45. The second-order valence-corrected chi connectivity index (χ2v) is 14.0. The van der Waals surface area contributed by atoms with E-state index < -0.39 is 0 Å². The molecule has 0 spiro atoms. The third-order valence-electron chi connectivity index (χ3n) is 7.51. The number of rotatable bonds is 2. The van der Waals surface area contributed by atoms with Crippen molar-refractivity contribution in [1.82, 2.24) is 0 Å². The van der Waals surface area contributed by atoms with Gasteiger partial charge >= 0.3 is 0 Å². The Hall–Kier alpha value is -3.54. The minimum Gasteiger partial charge on any atom is -0.135 e. The molecule has 9 rings (SSSR count). The van der Waals surface area contributed by atoms with Crippen LogP contribution in [0.15, 0.2) is 109 Å². The molecule has 0 bridgehead atoms. The second-order valence-electron chi connectivity index (χ2n) is 9.71. The van der Waals surface area contributed by atoms with Crippen LogP contribution in [0.4, 0.5) is 0 Å². The molecule has 38 heavy (non-hydrogen) atoms. The fraction of sp³-hybridized carbons (Fsp3) is 0. The number of hydrogen-bond donors (Lipinski definition) is 0. The van der Waals surface area contributed by atoms with E-state index >= 15 is 0 Å². The molecule has 0 atom stereocenters. The summed E-state index contributed by atoms with van der Waals surface area (Å²) in [6, 6.07) is 40.5. The van der Waals surface area contributed by atoms with Crippen LogP contribution in [-0.2, 0) is 0 Å². The Morgan fingerprint density at radius 3 is 1.21 bits per heavy atom. The van der Waals surface area contributed by atoms with Gasteiger partial charge in [0.15, 0.2) is 0 Å². The molecular formula is C34H18S4. The molecule has 4 heterocycles. The van der Waals surface area contributed by atoms with Crippen LogP contribution in [0.5, 0.6) is 0 Å². The highest BCUT2D eigenvalue weighted by Gasteiger charge is 2.16. The van der Waals surface area contributed by atoms with Crippen molar-refractivity contribution < 1.29 is 0 Å². The molecular weight excluding hydrogens is 537 g/mol. The number of thiophene rings is 4. The van der Waals surface area contributed by atoms with Gasteiger partial charge in [0.25, 0.3) is 0 Å². The summed E-state index contributed by atoms with van der Waals surface area (Å²) in [5, 5.41) is 8.28. The maximum Gasteiger partial charge on any atom is 0.0442 e. The highest BCUT2D eigenvalue weighted by Crippen LogP contribution is 2.48. The Kier molecular flexibility index (Phi) is 4.49. The van der Waals surface area contributed by atoms with Crippen LogP contribution in [0, 0.1) is 0 Å². The zero-order valence-corrected chi connectivity index (χ0v) is 23.3. The Morgan fingerprint density at radius 2 is 0.763 bits per heavy atom. The molecule has 4 aromatic heterocycles. The topological polar surface area (TPSA) is 0 Å². The predicted molar refractivity (Wildman–Crippen MR) is 174 cm³/mol. The van der Waals surface area contributed by atoms with E-state index in [-0.39, 0.29) is 0 Å². The first kappa shape index (κ1) is 21.4. The van der Waals surface area contributed by atoms with Gasteiger partial charge in [-0.25, -0.2) is 0 Å². The van der Waals surface area contributed by atoms with Gasteiger partial charge in [-0.15, -0.1) is 45.3 Å². The molecule has 0 saturated heterocycles. The van der Waals surface area contributed by atoms with E-state index in [1.807, 2.05) is 45.3 Å². The van der Waals surface area contributed by atoms with E-state index in [4.69, 9.17) is 0 Å². The fourth-order valence-corrected chi connectivity index (χ4v) is 10.4. The predicted octanol–water partition coefficient (Wildman–Crippen LogP) is 12.2. The molecule has 0 nitrogen and oxygen atoms in total. The Bertz CT molecular complexity index is 2160. The third-order valence-corrected chi connectivity index (χ3v) is 12.2. The SMILES string of the molecule is c1ccc(-c2cc3c(ccc4c5cc6sc7c8cc(-c9ccccc9)sc8ccc7c6cc5sc34)s2)cc1. The smallest absolute Gasteiger partial charge is 0.0442 e. The summed E-state index contributed by atoms with van der Waals surface area (Å²) in [5.74, 6) is 0. The lowest BCUT2D eigenvalue weighted by atomic mass is 10.1. The Labute approximate surface area is 234 Å². The molecule has 0 N–H and O–H groups in total. The van der Waals surface area contributed by atoms with E-state index in [0.29, 0.717) is 0 Å². The Morgan fingerprint density at radius 1 is 0.316 bits per heavy atom. The van der Waals surface area contributed by atoms with Gasteiger partial charge in [0.2, 0.25) is 0 Å². The number of benzene rings is 5. The zero-order chi connectivity index (χ0) is 24.8. The summed E-state index contributed by atoms with van der Waals surface area (Å²) in [5.41, 5.74) is 2.59. The van der Waals surface area contributed by atoms with Gasteiger partial charge in [0.05, 0.1) is 0 Å². The van der Waals surface area contributed by atoms with Crippen LogP contribution >= 0.6 is 45.3 Å². The fourth-order valence-electron chi connectivity index (χ4n) is 5.68. The summed E-state index contributed by atoms with van der Waals surface area (Å²) < 4.78 is 8.30. The normalized spacial score (nSPS) is 12.2. The molecule has 0 fully saturated rings. The first-order chi connectivity index (χ1) is 18.8. The van der Waals surface area contributed by atoms with E-state index in [2.05, 4.69) is 109 Å². The van der Waals surface area contributed by atoms with Gasteiger partial charge < -0.3 is 0 Å². The molecule has 0 aliphatic rings. The van der Waals surface area contributed by atoms with Crippen LogP contribution in [0.2, 0.25) is 0 Å². The minimum atomic E-state index is 1.30. The van der Waals surface area contributed by atoms with Crippen molar-refractivity contribution in [2.75, 3.05) is 0 Å². The average Bonchev–Trinajstić information content (AvgIpc) is 3.74. The Balaban J connectivity index is 1.27. The van der Waals surface area contributed by atoms with Crippen molar-refractivity contribution in [3.05, 3.63) is 109 Å². The first-order valence-corrected chi connectivity index (χ1v) is 15.9. The summed E-state index contributed by atoms with van der Waals surface area (Å²) in [6.07, 6.45) is 0. The van der Waals surface area contributed by atoms with Crippen molar-refractivity contribution in [1.29, 1.82) is 0 Å². The van der Waals surface area contributed by atoms with Crippen molar-refractivity contribution in [2.45, 2.75) is 0 Å². The summed E-state index contributed by atoms with van der Waals surface area (Å²) in [6.45, 7) is 0. The molecule has 5 aromatic carbocycles. The van der Waals surface area contributed by atoms with Crippen molar-refractivity contribution in [3.8, 4) is 20.9 Å². The maximum atomic E-state index is 2.45. The molecule has 178 valence electrons. The van der Waals surface area contributed by atoms with E-state index in [9.17, 15) is 0 Å². The van der Waals surface area contributed by atoms with Crippen LogP contribution < -0.4 is 0 Å². The quantitative estimate of drug-likeness (QED) is 0.199. The van der Waals surface area contributed by atoms with Crippen molar-refractivity contribution >= 4 is 106 Å². The third kappa shape index (κ3) is 3.06. The first-order valence-electron chi connectivity index (χ1n) is 12.6. The van der Waals surface area contributed by atoms with E-state index in [1.54, 1.807) is 0 Å². The molecule has 0 aliphatic carbocycles. The zero-order valence-electron chi connectivity index (χ0n) is 20.0. The number of fused-ring (bicyclic) bond motifs is 10. The molecule has 0 radical (unpaired) electrons. The molecule has 9 aromatic rings.